The summed E-state index contributed by atoms with van der Waals surface area (Å²) in [4.78, 5) is 22.0. The van der Waals surface area contributed by atoms with Crippen molar-refractivity contribution >= 4 is 39.3 Å². The zero-order chi connectivity index (χ0) is 18.0. The number of nitrogens with zero attached hydrogens (tertiary/aromatic N) is 2. The van der Waals surface area contributed by atoms with Crippen molar-refractivity contribution in [1.29, 1.82) is 0 Å². The Bertz CT molecular complexity index is 901. The maximum Gasteiger partial charge on any atom is 0.322 e. The molecule has 0 spiro atoms. The van der Waals surface area contributed by atoms with Crippen LogP contribution in [0.25, 0.3) is 21.3 Å². The van der Waals surface area contributed by atoms with E-state index in [4.69, 9.17) is 4.74 Å². The number of fused-ring (bicyclic) bond motifs is 1. The number of ether oxygens (including phenoxy) is 1. The third kappa shape index (κ3) is 3.70. The molecule has 2 heterocycles. The number of hydrogen-bond acceptors (Lipinski definition) is 6. The number of thioether (sulfide) groups is 1. The number of carbonyl (C=O) groups excluding carboxylic acids is 1. The SMILES string of the molecule is CCOC(=O)C(C)(C)Sc1ncnc2scc(-c3ccc(C)cc3)c12. The van der Waals surface area contributed by atoms with Gasteiger partial charge in [0.1, 0.15) is 20.9 Å². The van der Waals surface area contributed by atoms with Gasteiger partial charge in [0.15, 0.2) is 0 Å². The van der Waals surface area contributed by atoms with E-state index in [1.165, 1.54) is 17.3 Å². The van der Waals surface area contributed by atoms with Crippen molar-refractivity contribution in [3.05, 3.63) is 41.5 Å². The summed E-state index contributed by atoms with van der Waals surface area (Å²) in [5.74, 6) is -0.237. The third-order valence-electron chi connectivity index (χ3n) is 3.82. The molecular weight excluding hydrogens is 352 g/mol. The average Bonchev–Trinajstić information content (AvgIpc) is 3.01. The molecule has 6 heteroatoms. The van der Waals surface area contributed by atoms with Crippen LogP contribution < -0.4 is 0 Å². The molecule has 4 nitrogen and oxygen atoms in total. The van der Waals surface area contributed by atoms with Crippen molar-refractivity contribution in [2.24, 2.45) is 0 Å². The first-order chi connectivity index (χ1) is 11.9. The molecule has 0 saturated heterocycles. The summed E-state index contributed by atoms with van der Waals surface area (Å²) in [6, 6.07) is 8.40. The highest BCUT2D eigenvalue weighted by molar-refractivity contribution is 8.01. The summed E-state index contributed by atoms with van der Waals surface area (Å²) >= 11 is 3.01. The van der Waals surface area contributed by atoms with E-state index in [2.05, 4.69) is 46.5 Å². The highest BCUT2D eigenvalue weighted by atomic mass is 32.2. The molecule has 0 unspecified atom stereocenters. The smallest absolute Gasteiger partial charge is 0.322 e. The Balaban J connectivity index is 2.06. The highest BCUT2D eigenvalue weighted by Gasteiger charge is 2.32. The molecule has 0 fully saturated rings. The van der Waals surface area contributed by atoms with Crippen LogP contribution in [0.15, 0.2) is 41.0 Å². The van der Waals surface area contributed by atoms with Crippen molar-refractivity contribution in [2.45, 2.75) is 37.5 Å². The summed E-state index contributed by atoms with van der Waals surface area (Å²) in [5.41, 5.74) is 3.45. The van der Waals surface area contributed by atoms with Crippen molar-refractivity contribution in [3.8, 4) is 11.1 Å². The number of hydrogen-bond donors (Lipinski definition) is 0. The molecule has 0 aliphatic heterocycles. The fourth-order valence-corrected chi connectivity index (χ4v) is 4.47. The molecule has 0 amide bonds. The number of aromatic nitrogens is 2. The number of benzene rings is 1. The van der Waals surface area contributed by atoms with Gasteiger partial charge in [-0.05, 0) is 33.3 Å². The van der Waals surface area contributed by atoms with Crippen LogP contribution in [0.4, 0.5) is 0 Å². The van der Waals surface area contributed by atoms with Gasteiger partial charge in [0, 0.05) is 10.9 Å². The van der Waals surface area contributed by atoms with Gasteiger partial charge in [-0.15, -0.1) is 11.3 Å². The van der Waals surface area contributed by atoms with Crippen molar-refractivity contribution in [3.63, 3.8) is 0 Å². The van der Waals surface area contributed by atoms with Crippen LogP contribution >= 0.6 is 23.1 Å². The largest absolute Gasteiger partial charge is 0.465 e. The summed E-state index contributed by atoms with van der Waals surface area (Å²) in [7, 11) is 0. The molecule has 0 radical (unpaired) electrons. The molecular formula is C19H20N2O2S2. The lowest BCUT2D eigenvalue weighted by Gasteiger charge is -2.21. The fourth-order valence-electron chi connectivity index (χ4n) is 2.46. The van der Waals surface area contributed by atoms with Gasteiger partial charge in [-0.2, -0.15) is 0 Å². The Kier molecular flexibility index (Phi) is 5.11. The number of thiophene rings is 1. The predicted molar refractivity (Wildman–Crippen MR) is 104 cm³/mol. The monoisotopic (exact) mass is 372 g/mol. The van der Waals surface area contributed by atoms with Crippen LogP contribution in [0, 0.1) is 6.92 Å². The lowest BCUT2D eigenvalue weighted by Crippen LogP contribution is -2.30. The van der Waals surface area contributed by atoms with Crippen LogP contribution in [0.1, 0.15) is 26.3 Å². The Morgan fingerprint density at radius 1 is 1.24 bits per heavy atom. The minimum atomic E-state index is -0.718. The van der Waals surface area contributed by atoms with E-state index in [0.29, 0.717) is 6.61 Å². The lowest BCUT2D eigenvalue weighted by molar-refractivity contribution is -0.145. The Morgan fingerprint density at radius 3 is 2.64 bits per heavy atom. The molecule has 3 rings (SSSR count). The standard InChI is InChI=1S/C19H20N2O2S2/c1-5-23-18(22)19(3,4)25-17-15-14(10-24-16(15)20-11-21-17)13-8-6-12(2)7-9-13/h6-11H,5H2,1-4H3. The summed E-state index contributed by atoms with van der Waals surface area (Å²) in [6.45, 7) is 7.98. The van der Waals surface area contributed by atoms with E-state index in [1.54, 1.807) is 17.7 Å². The Morgan fingerprint density at radius 2 is 1.96 bits per heavy atom. The average molecular weight is 373 g/mol. The van der Waals surface area contributed by atoms with E-state index in [0.717, 1.165) is 26.4 Å². The lowest BCUT2D eigenvalue weighted by atomic mass is 10.1. The first-order valence-corrected chi connectivity index (χ1v) is 9.77. The van der Waals surface area contributed by atoms with Crippen LogP contribution in [-0.4, -0.2) is 27.3 Å². The molecule has 3 aromatic rings. The zero-order valence-corrected chi connectivity index (χ0v) is 16.3. The normalized spacial score (nSPS) is 11.7. The summed E-state index contributed by atoms with van der Waals surface area (Å²) in [5, 5.41) is 3.91. The molecule has 0 N–H and O–H groups in total. The van der Waals surface area contributed by atoms with Gasteiger partial charge in [0.25, 0.3) is 0 Å². The van der Waals surface area contributed by atoms with Crippen LogP contribution in [0.3, 0.4) is 0 Å². The quantitative estimate of drug-likeness (QED) is 0.354. The second-order valence-electron chi connectivity index (χ2n) is 6.21. The van der Waals surface area contributed by atoms with Crippen LogP contribution in [0.5, 0.6) is 0 Å². The Labute approximate surface area is 155 Å². The van der Waals surface area contributed by atoms with Gasteiger partial charge in [-0.3, -0.25) is 4.79 Å². The van der Waals surface area contributed by atoms with Gasteiger partial charge in [-0.1, -0.05) is 41.6 Å². The second-order valence-corrected chi connectivity index (χ2v) is 8.68. The number of carbonyl (C=O) groups is 1. The number of esters is 1. The summed E-state index contributed by atoms with van der Waals surface area (Å²) in [6.07, 6.45) is 1.56. The molecule has 0 atom stereocenters. The van der Waals surface area contributed by atoms with Crippen LogP contribution in [0.2, 0.25) is 0 Å². The van der Waals surface area contributed by atoms with Crippen molar-refractivity contribution in [1.82, 2.24) is 9.97 Å². The van der Waals surface area contributed by atoms with Crippen molar-refractivity contribution in [2.75, 3.05) is 6.61 Å². The topological polar surface area (TPSA) is 52.1 Å². The van der Waals surface area contributed by atoms with E-state index in [9.17, 15) is 4.79 Å². The fraction of sp³-hybridized carbons (Fsp3) is 0.316. The molecule has 0 aliphatic carbocycles. The first-order valence-electron chi connectivity index (χ1n) is 8.08. The van der Waals surface area contributed by atoms with Crippen LogP contribution in [-0.2, 0) is 9.53 Å². The van der Waals surface area contributed by atoms with Crippen molar-refractivity contribution < 1.29 is 9.53 Å². The van der Waals surface area contributed by atoms with E-state index >= 15 is 0 Å². The molecule has 2 aromatic heterocycles. The number of rotatable bonds is 5. The van der Waals surface area contributed by atoms with Gasteiger partial charge in [-0.25, -0.2) is 9.97 Å². The highest BCUT2D eigenvalue weighted by Crippen LogP contribution is 2.42. The third-order valence-corrected chi connectivity index (χ3v) is 5.88. The molecule has 0 aliphatic rings. The minimum Gasteiger partial charge on any atom is -0.465 e. The van der Waals surface area contributed by atoms with Gasteiger partial charge >= 0.3 is 5.97 Å². The maximum absolute atomic E-state index is 12.3. The Hall–Kier alpha value is -1.92. The molecule has 1 aromatic carbocycles. The van der Waals surface area contributed by atoms with Gasteiger partial charge in [0.2, 0.25) is 0 Å². The summed E-state index contributed by atoms with van der Waals surface area (Å²) < 4.78 is 4.48. The van der Waals surface area contributed by atoms with E-state index in [-0.39, 0.29) is 5.97 Å². The first kappa shape index (κ1) is 17.9. The molecule has 25 heavy (non-hydrogen) atoms. The minimum absolute atomic E-state index is 0.237. The predicted octanol–water partition coefficient (Wildman–Crippen LogP) is 5.10. The molecule has 130 valence electrons. The zero-order valence-electron chi connectivity index (χ0n) is 14.7. The number of aryl methyl sites for hydroxylation is 1. The molecule has 0 saturated carbocycles. The second kappa shape index (κ2) is 7.14. The van der Waals surface area contributed by atoms with Gasteiger partial charge in [0.05, 0.1) is 12.0 Å². The van der Waals surface area contributed by atoms with E-state index < -0.39 is 4.75 Å². The maximum atomic E-state index is 12.3. The van der Waals surface area contributed by atoms with E-state index in [1.807, 2.05) is 20.8 Å². The van der Waals surface area contributed by atoms with Gasteiger partial charge < -0.3 is 4.74 Å². The molecule has 0 bridgehead atoms.